The second-order valence-corrected chi connectivity index (χ2v) is 8.36. The van der Waals surface area contributed by atoms with Crippen molar-refractivity contribution in [3.63, 3.8) is 0 Å². The van der Waals surface area contributed by atoms with Crippen molar-refractivity contribution in [1.82, 2.24) is 10.3 Å². The molecule has 0 bridgehead atoms. The van der Waals surface area contributed by atoms with Gasteiger partial charge in [0, 0.05) is 30.6 Å². The standard InChI is InChI=1S/C20H20ClFN2O5S.C6H6O/c1-11(8-13-4-5-14(22)9-15(13)21)28-17(26)10-24-20(30)18-19(29-12(2)25)16(27-3)6-7-23-18;7-6-4-2-1-3-5-6/h4-7,9,11H,8,10H2,1-3H3,(H,24,30);1-5,7H. The zero-order valence-electron chi connectivity index (χ0n) is 20.4. The fourth-order valence-electron chi connectivity index (χ4n) is 2.96. The summed E-state index contributed by atoms with van der Waals surface area (Å²) in [5.41, 5.74) is 0.812. The van der Waals surface area contributed by atoms with Gasteiger partial charge < -0.3 is 24.6 Å². The maximum absolute atomic E-state index is 13.1. The molecular formula is C26H26ClFN2O6S. The van der Waals surface area contributed by atoms with Gasteiger partial charge in [0.15, 0.2) is 5.75 Å². The fraction of sp³-hybridized carbons (Fsp3) is 0.231. The van der Waals surface area contributed by atoms with Crippen LogP contribution in [-0.2, 0) is 20.7 Å². The highest BCUT2D eigenvalue weighted by Crippen LogP contribution is 2.29. The molecular weight excluding hydrogens is 523 g/mol. The summed E-state index contributed by atoms with van der Waals surface area (Å²) in [4.78, 5) is 27.7. The van der Waals surface area contributed by atoms with Crippen LogP contribution in [-0.4, -0.2) is 46.8 Å². The average molecular weight is 549 g/mol. The molecule has 1 aromatic heterocycles. The van der Waals surface area contributed by atoms with Crippen molar-refractivity contribution in [1.29, 1.82) is 0 Å². The fourth-order valence-corrected chi connectivity index (χ4v) is 3.43. The monoisotopic (exact) mass is 548 g/mol. The van der Waals surface area contributed by atoms with Crippen molar-refractivity contribution in [2.75, 3.05) is 13.7 Å². The van der Waals surface area contributed by atoms with Gasteiger partial charge in [-0.25, -0.2) is 9.37 Å². The van der Waals surface area contributed by atoms with Gasteiger partial charge in [0.1, 0.15) is 34.9 Å². The number of phenols is 1. The van der Waals surface area contributed by atoms with E-state index in [1.54, 1.807) is 37.3 Å². The molecule has 0 saturated heterocycles. The molecule has 1 heterocycles. The first-order chi connectivity index (χ1) is 17.6. The number of carbonyl (C=O) groups excluding carboxylic acids is 2. The highest BCUT2D eigenvalue weighted by molar-refractivity contribution is 7.80. The minimum Gasteiger partial charge on any atom is -0.508 e. The number of halogens is 2. The number of nitrogens with one attached hydrogen (secondary N) is 1. The third-order valence-electron chi connectivity index (χ3n) is 4.55. The Bertz CT molecular complexity index is 1230. The van der Waals surface area contributed by atoms with Gasteiger partial charge in [0.25, 0.3) is 0 Å². The Balaban J connectivity index is 0.000000591. The first kappa shape index (κ1) is 29.5. The van der Waals surface area contributed by atoms with E-state index in [2.05, 4.69) is 10.3 Å². The summed E-state index contributed by atoms with van der Waals surface area (Å²) in [6.45, 7) is 2.69. The quantitative estimate of drug-likeness (QED) is 0.307. The average Bonchev–Trinajstić information content (AvgIpc) is 2.85. The molecule has 0 fully saturated rings. The molecule has 0 aliphatic carbocycles. The topological polar surface area (TPSA) is 107 Å². The van der Waals surface area contributed by atoms with Gasteiger partial charge in [-0.3, -0.25) is 9.59 Å². The molecule has 11 heteroatoms. The smallest absolute Gasteiger partial charge is 0.325 e. The number of hydrogen-bond acceptors (Lipinski definition) is 8. The number of benzene rings is 2. The maximum atomic E-state index is 13.1. The second-order valence-electron chi connectivity index (χ2n) is 7.54. The Morgan fingerprint density at radius 3 is 2.46 bits per heavy atom. The van der Waals surface area contributed by atoms with E-state index in [4.69, 9.17) is 43.1 Å². The number of nitrogens with zero attached hydrogens (tertiary/aromatic N) is 1. The normalized spacial score (nSPS) is 10.8. The Morgan fingerprint density at radius 1 is 1.19 bits per heavy atom. The van der Waals surface area contributed by atoms with Gasteiger partial charge in [-0.2, -0.15) is 0 Å². The zero-order valence-corrected chi connectivity index (χ0v) is 21.9. The summed E-state index contributed by atoms with van der Waals surface area (Å²) in [7, 11) is 1.41. The van der Waals surface area contributed by atoms with E-state index in [1.165, 1.54) is 38.4 Å². The predicted molar refractivity (Wildman–Crippen MR) is 141 cm³/mol. The van der Waals surface area contributed by atoms with E-state index < -0.39 is 23.9 Å². The van der Waals surface area contributed by atoms with Gasteiger partial charge in [-0.05, 0) is 36.8 Å². The minimum atomic E-state index is -0.571. The predicted octanol–water partition coefficient (Wildman–Crippen LogP) is 4.64. The number of carbonyl (C=O) groups is 2. The van der Waals surface area contributed by atoms with Crippen molar-refractivity contribution in [3.05, 3.63) is 82.9 Å². The van der Waals surface area contributed by atoms with Gasteiger partial charge in [0.2, 0.25) is 5.75 Å². The molecule has 0 aliphatic heterocycles. The van der Waals surface area contributed by atoms with E-state index in [9.17, 15) is 14.0 Å². The summed E-state index contributed by atoms with van der Waals surface area (Å²) >= 11 is 11.2. The van der Waals surface area contributed by atoms with Crippen LogP contribution in [0.2, 0.25) is 5.02 Å². The highest BCUT2D eigenvalue weighted by atomic mass is 35.5. The molecule has 3 aromatic rings. The van der Waals surface area contributed by atoms with Gasteiger partial charge in [-0.15, -0.1) is 0 Å². The molecule has 0 aliphatic rings. The number of rotatable bonds is 8. The summed E-state index contributed by atoms with van der Waals surface area (Å²) < 4.78 is 28.7. The van der Waals surface area contributed by atoms with E-state index in [0.29, 0.717) is 17.7 Å². The first-order valence-electron chi connectivity index (χ1n) is 11.0. The number of aromatic hydroxyl groups is 1. The number of methoxy groups -OCH3 is 1. The molecule has 1 unspecified atom stereocenters. The molecule has 0 radical (unpaired) electrons. The van der Waals surface area contributed by atoms with Crippen molar-refractivity contribution < 1.29 is 33.3 Å². The zero-order chi connectivity index (χ0) is 27.4. The number of phenolic OH excluding ortho intramolecular Hbond substituents is 1. The molecule has 8 nitrogen and oxygen atoms in total. The number of pyridine rings is 1. The molecule has 2 N–H and O–H groups in total. The van der Waals surface area contributed by atoms with E-state index in [-0.39, 0.29) is 33.7 Å². The Kier molecular flexibility index (Phi) is 11.7. The van der Waals surface area contributed by atoms with Crippen molar-refractivity contribution in [2.45, 2.75) is 26.4 Å². The van der Waals surface area contributed by atoms with Gasteiger partial charge in [0.05, 0.1) is 7.11 Å². The highest BCUT2D eigenvalue weighted by Gasteiger charge is 2.19. The first-order valence-corrected chi connectivity index (χ1v) is 11.8. The van der Waals surface area contributed by atoms with Crippen LogP contribution in [0.1, 0.15) is 25.1 Å². The summed E-state index contributed by atoms with van der Waals surface area (Å²) in [6.07, 6.45) is 1.26. The molecule has 37 heavy (non-hydrogen) atoms. The van der Waals surface area contributed by atoms with Crippen LogP contribution in [0.4, 0.5) is 4.39 Å². The van der Waals surface area contributed by atoms with Gasteiger partial charge in [-0.1, -0.05) is 48.1 Å². The van der Waals surface area contributed by atoms with E-state index in [1.807, 2.05) is 6.07 Å². The van der Waals surface area contributed by atoms with Crippen LogP contribution in [0, 0.1) is 5.82 Å². The van der Waals surface area contributed by atoms with Crippen molar-refractivity contribution in [2.24, 2.45) is 0 Å². The van der Waals surface area contributed by atoms with Crippen LogP contribution in [0.3, 0.4) is 0 Å². The molecule has 196 valence electrons. The lowest BCUT2D eigenvalue weighted by Gasteiger charge is -2.16. The number of para-hydroxylation sites is 1. The lowest BCUT2D eigenvalue weighted by molar-refractivity contribution is -0.146. The number of thiocarbonyl (C=S) groups is 1. The molecule has 0 amide bonds. The molecule has 0 saturated carbocycles. The maximum Gasteiger partial charge on any atom is 0.325 e. The molecule has 2 aromatic carbocycles. The van der Waals surface area contributed by atoms with Crippen LogP contribution in [0.5, 0.6) is 17.2 Å². The van der Waals surface area contributed by atoms with Crippen LogP contribution < -0.4 is 14.8 Å². The van der Waals surface area contributed by atoms with Crippen LogP contribution in [0.25, 0.3) is 0 Å². The Hall–Kier alpha value is -3.76. The SMILES string of the molecule is COc1ccnc(C(=S)NCC(=O)OC(C)Cc2ccc(F)cc2Cl)c1OC(C)=O.Oc1ccccc1. The second kappa shape index (κ2) is 14.7. The minimum absolute atomic E-state index is 0.0534. The largest absolute Gasteiger partial charge is 0.508 e. The summed E-state index contributed by atoms with van der Waals surface area (Å²) in [5, 5.41) is 11.6. The van der Waals surface area contributed by atoms with Crippen LogP contribution in [0.15, 0.2) is 60.8 Å². The summed E-state index contributed by atoms with van der Waals surface area (Å²) in [5.74, 6) is -0.935. The molecule has 3 rings (SSSR count). The number of hydrogen-bond donors (Lipinski definition) is 2. The van der Waals surface area contributed by atoms with Crippen LogP contribution >= 0.6 is 23.8 Å². The third-order valence-corrected chi connectivity index (χ3v) is 5.24. The van der Waals surface area contributed by atoms with Crippen molar-refractivity contribution in [3.8, 4) is 17.2 Å². The Labute approximate surface area is 224 Å². The lowest BCUT2D eigenvalue weighted by atomic mass is 10.1. The molecule has 0 spiro atoms. The number of esters is 2. The number of aromatic nitrogens is 1. The number of ether oxygens (including phenoxy) is 3. The lowest BCUT2D eigenvalue weighted by Crippen LogP contribution is -2.32. The summed E-state index contributed by atoms with van der Waals surface area (Å²) in [6, 6.07) is 14.3. The third kappa shape index (κ3) is 10.0. The van der Waals surface area contributed by atoms with Crippen molar-refractivity contribution >= 4 is 40.7 Å². The van der Waals surface area contributed by atoms with Gasteiger partial charge >= 0.3 is 11.9 Å². The van der Waals surface area contributed by atoms with E-state index in [0.717, 1.165) is 0 Å². The Morgan fingerprint density at radius 2 is 1.89 bits per heavy atom. The molecule has 1 atom stereocenters. The van der Waals surface area contributed by atoms with E-state index >= 15 is 0 Å².